The Bertz CT molecular complexity index is 1070. The van der Waals surface area contributed by atoms with Crippen LogP contribution in [0.5, 0.6) is 0 Å². The van der Waals surface area contributed by atoms with E-state index < -0.39 is 12.0 Å². The molecule has 0 aliphatic rings. The number of Topliss-reactive ketones (excluding diaryl/α,β-unsaturated/α-hetero) is 1. The van der Waals surface area contributed by atoms with Gasteiger partial charge >= 0.3 is 5.97 Å². The lowest BCUT2D eigenvalue weighted by atomic mass is 9.87. The first-order valence-corrected chi connectivity index (χ1v) is 11.5. The molecule has 0 aliphatic heterocycles. The standard InChI is InChI=1S/C26H30N4O4/c1-3-25(32)28-22(26(33)34-4-2)15-19(16-24(31)23-17-27-30-29-23)14-18-10-12-21(13-11-18)20-8-6-5-7-9-20/h5-13,17,19,22H,3-4,14-16H2,1-2H3,(H,28,32)(H,27,29,30)/t19-,22-/m1/s1. The monoisotopic (exact) mass is 462 g/mol. The molecule has 2 atom stereocenters. The van der Waals surface area contributed by atoms with Gasteiger partial charge < -0.3 is 10.1 Å². The van der Waals surface area contributed by atoms with Gasteiger partial charge in [-0.2, -0.15) is 15.4 Å². The summed E-state index contributed by atoms with van der Waals surface area (Å²) >= 11 is 0. The van der Waals surface area contributed by atoms with Crippen LogP contribution in [-0.4, -0.2) is 45.7 Å². The second-order valence-electron chi connectivity index (χ2n) is 8.08. The van der Waals surface area contributed by atoms with Gasteiger partial charge in [0.15, 0.2) is 5.78 Å². The zero-order valence-corrected chi connectivity index (χ0v) is 19.5. The first-order valence-electron chi connectivity index (χ1n) is 11.5. The SMILES string of the molecule is CCOC(=O)[C@@H](C[C@H](CC(=O)c1cn[nH]n1)Cc1ccc(-c2ccccc2)cc1)NC(=O)CC. The largest absolute Gasteiger partial charge is 0.464 e. The Morgan fingerprint density at radius 3 is 2.32 bits per heavy atom. The van der Waals surface area contributed by atoms with Crippen LogP contribution in [0.4, 0.5) is 0 Å². The van der Waals surface area contributed by atoms with E-state index in [2.05, 4.69) is 32.9 Å². The quantitative estimate of drug-likeness (QED) is 0.313. The molecule has 1 heterocycles. The number of nitrogens with zero attached hydrogens (tertiary/aromatic N) is 2. The zero-order chi connectivity index (χ0) is 24.3. The number of carbonyl (C=O) groups is 3. The number of aromatic nitrogens is 3. The van der Waals surface area contributed by atoms with E-state index in [1.165, 1.54) is 6.20 Å². The van der Waals surface area contributed by atoms with Crippen molar-refractivity contribution in [3.63, 3.8) is 0 Å². The molecule has 2 N–H and O–H groups in total. The number of ketones is 1. The molecular formula is C26H30N4O4. The topological polar surface area (TPSA) is 114 Å². The Kier molecular flexibility index (Phi) is 9.08. The summed E-state index contributed by atoms with van der Waals surface area (Å²) in [5.41, 5.74) is 3.49. The molecule has 0 unspecified atom stereocenters. The number of H-pyrrole nitrogens is 1. The fourth-order valence-electron chi connectivity index (χ4n) is 3.83. The first-order chi connectivity index (χ1) is 16.5. The van der Waals surface area contributed by atoms with Crippen LogP contribution >= 0.6 is 0 Å². The van der Waals surface area contributed by atoms with E-state index in [0.717, 1.165) is 16.7 Å². The summed E-state index contributed by atoms with van der Waals surface area (Å²) in [7, 11) is 0. The van der Waals surface area contributed by atoms with E-state index in [1.807, 2.05) is 42.5 Å². The molecule has 3 aromatic rings. The molecule has 1 amide bonds. The van der Waals surface area contributed by atoms with E-state index >= 15 is 0 Å². The zero-order valence-electron chi connectivity index (χ0n) is 19.5. The fraction of sp³-hybridized carbons (Fsp3) is 0.346. The minimum atomic E-state index is -0.828. The number of amides is 1. The molecule has 178 valence electrons. The number of carbonyl (C=O) groups excluding carboxylic acids is 3. The van der Waals surface area contributed by atoms with Crippen molar-refractivity contribution in [1.29, 1.82) is 0 Å². The lowest BCUT2D eigenvalue weighted by molar-refractivity contribution is -0.148. The molecule has 2 aromatic carbocycles. The highest BCUT2D eigenvalue weighted by Crippen LogP contribution is 2.24. The molecule has 0 saturated carbocycles. The van der Waals surface area contributed by atoms with Crippen molar-refractivity contribution in [2.24, 2.45) is 5.92 Å². The predicted octanol–water partition coefficient (Wildman–Crippen LogP) is 3.75. The van der Waals surface area contributed by atoms with E-state index in [0.29, 0.717) is 6.42 Å². The summed E-state index contributed by atoms with van der Waals surface area (Å²) in [4.78, 5) is 37.4. The maximum Gasteiger partial charge on any atom is 0.328 e. The molecule has 8 nitrogen and oxygen atoms in total. The lowest BCUT2D eigenvalue weighted by Crippen LogP contribution is -2.43. The highest BCUT2D eigenvalue weighted by molar-refractivity contribution is 5.94. The van der Waals surface area contributed by atoms with Crippen LogP contribution in [0.2, 0.25) is 0 Å². The van der Waals surface area contributed by atoms with Crippen molar-refractivity contribution < 1.29 is 19.1 Å². The number of nitrogens with one attached hydrogen (secondary N) is 2. The summed E-state index contributed by atoms with van der Waals surface area (Å²) in [6.07, 6.45) is 2.62. The number of aromatic amines is 1. The van der Waals surface area contributed by atoms with Gasteiger partial charge in [-0.3, -0.25) is 9.59 Å². The molecule has 0 radical (unpaired) electrons. The Morgan fingerprint density at radius 1 is 1.00 bits per heavy atom. The van der Waals surface area contributed by atoms with Crippen molar-refractivity contribution in [3.8, 4) is 11.1 Å². The number of ether oxygens (including phenoxy) is 1. The minimum absolute atomic E-state index is 0.158. The number of benzene rings is 2. The number of hydrogen-bond acceptors (Lipinski definition) is 6. The van der Waals surface area contributed by atoms with Gasteiger partial charge in [0.2, 0.25) is 5.91 Å². The normalized spacial score (nSPS) is 12.5. The summed E-state index contributed by atoms with van der Waals surface area (Å²) in [5.74, 6) is -1.14. The summed E-state index contributed by atoms with van der Waals surface area (Å²) in [5, 5.41) is 12.8. The third kappa shape index (κ3) is 7.10. The van der Waals surface area contributed by atoms with Crippen LogP contribution in [0.15, 0.2) is 60.8 Å². The third-order valence-corrected chi connectivity index (χ3v) is 5.56. The van der Waals surface area contributed by atoms with Gasteiger partial charge in [0, 0.05) is 12.8 Å². The third-order valence-electron chi connectivity index (χ3n) is 5.56. The predicted molar refractivity (Wildman–Crippen MR) is 128 cm³/mol. The Hall–Kier alpha value is -3.81. The molecule has 8 heteroatoms. The van der Waals surface area contributed by atoms with Crippen LogP contribution in [0.1, 0.15) is 49.2 Å². The van der Waals surface area contributed by atoms with Crippen molar-refractivity contribution in [2.75, 3.05) is 6.61 Å². The number of esters is 1. The van der Waals surface area contributed by atoms with Crippen LogP contribution < -0.4 is 5.32 Å². The highest BCUT2D eigenvalue weighted by Gasteiger charge is 2.28. The van der Waals surface area contributed by atoms with Gasteiger partial charge in [0.05, 0.1) is 12.8 Å². The summed E-state index contributed by atoms with van der Waals surface area (Å²) in [6.45, 7) is 3.65. The highest BCUT2D eigenvalue weighted by atomic mass is 16.5. The Morgan fingerprint density at radius 2 is 1.71 bits per heavy atom. The van der Waals surface area contributed by atoms with Crippen molar-refractivity contribution >= 4 is 17.7 Å². The molecule has 0 fully saturated rings. The molecule has 34 heavy (non-hydrogen) atoms. The maximum atomic E-state index is 12.8. The molecule has 3 rings (SSSR count). The van der Waals surface area contributed by atoms with Crippen LogP contribution in [0, 0.1) is 5.92 Å². The summed E-state index contributed by atoms with van der Waals surface area (Å²) < 4.78 is 5.18. The lowest BCUT2D eigenvalue weighted by Gasteiger charge is -2.23. The van der Waals surface area contributed by atoms with Crippen molar-refractivity contribution in [2.45, 2.75) is 45.6 Å². The minimum Gasteiger partial charge on any atom is -0.464 e. The molecule has 0 spiro atoms. The van der Waals surface area contributed by atoms with E-state index in [4.69, 9.17) is 4.74 Å². The Balaban J connectivity index is 1.79. The smallest absolute Gasteiger partial charge is 0.328 e. The first kappa shape index (κ1) is 24.8. The molecular weight excluding hydrogens is 432 g/mol. The molecule has 0 bridgehead atoms. The van der Waals surface area contributed by atoms with Crippen LogP contribution in [0.25, 0.3) is 11.1 Å². The fourth-order valence-corrected chi connectivity index (χ4v) is 3.83. The van der Waals surface area contributed by atoms with Crippen molar-refractivity contribution in [1.82, 2.24) is 20.7 Å². The van der Waals surface area contributed by atoms with Crippen molar-refractivity contribution in [3.05, 3.63) is 72.1 Å². The second-order valence-corrected chi connectivity index (χ2v) is 8.08. The average molecular weight is 463 g/mol. The van der Waals surface area contributed by atoms with Gasteiger partial charge in [0.1, 0.15) is 11.7 Å². The maximum absolute atomic E-state index is 12.8. The number of hydrogen-bond donors (Lipinski definition) is 2. The Labute approximate surface area is 199 Å². The van der Waals surface area contributed by atoms with Gasteiger partial charge in [-0.15, -0.1) is 0 Å². The molecule has 1 aromatic heterocycles. The van der Waals surface area contributed by atoms with E-state index in [1.54, 1.807) is 13.8 Å². The summed E-state index contributed by atoms with van der Waals surface area (Å²) in [6, 6.07) is 17.4. The van der Waals surface area contributed by atoms with Gasteiger partial charge in [0.25, 0.3) is 0 Å². The average Bonchev–Trinajstić information content (AvgIpc) is 3.40. The van der Waals surface area contributed by atoms with Gasteiger partial charge in [-0.25, -0.2) is 4.79 Å². The van der Waals surface area contributed by atoms with Crippen LogP contribution in [-0.2, 0) is 20.7 Å². The second kappa shape index (κ2) is 12.4. The number of rotatable bonds is 12. The van der Waals surface area contributed by atoms with Crippen LogP contribution in [0.3, 0.4) is 0 Å². The van der Waals surface area contributed by atoms with E-state index in [-0.39, 0.29) is 49.2 Å². The molecule has 0 saturated heterocycles. The van der Waals surface area contributed by atoms with Gasteiger partial charge in [-0.05, 0) is 42.4 Å². The molecule has 0 aliphatic carbocycles. The van der Waals surface area contributed by atoms with E-state index in [9.17, 15) is 14.4 Å². The van der Waals surface area contributed by atoms with Gasteiger partial charge in [-0.1, -0.05) is 61.5 Å².